The maximum Gasteiger partial charge on any atom is 0.411 e. The van der Waals surface area contributed by atoms with Crippen LogP contribution in [0.2, 0.25) is 18.1 Å². The van der Waals surface area contributed by atoms with Crippen molar-refractivity contribution in [3.05, 3.63) is 24.3 Å². The summed E-state index contributed by atoms with van der Waals surface area (Å²) in [7, 11) is -2.20. The minimum Gasteiger partial charge on any atom is -0.444 e. The Labute approximate surface area is 217 Å². The first-order chi connectivity index (χ1) is 16.3. The lowest BCUT2D eigenvalue weighted by Crippen LogP contribution is -2.65. The maximum atomic E-state index is 14.1. The van der Waals surface area contributed by atoms with E-state index in [9.17, 15) is 14.7 Å². The number of likely N-dealkylation sites (tertiary alicyclic amines) is 1. The van der Waals surface area contributed by atoms with Crippen molar-refractivity contribution in [2.24, 2.45) is 0 Å². The number of carbonyl (C=O) groups is 2. The first-order valence-corrected chi connectivity index (χ1v) is 15.7. The quantitative estimate of drug-likeness (QED) is 0.504. The van der Waals surface area contributed by atoms with Gasteiger partial charge in [-0.2, -0.15) is 0 Å². The lowest BCUT2D eigenvalue weighted by Gasteiger charge is -2.43. The molecular weight excluding hydrogens is 476 g/mol. The fraction of sp³-hybridized carbons (Fsp3) is 0.769. The van der Waals surface area contributed by atoms with Crippen LogP contribution in [0.5, 0.6) is 0 Å². The Kier molecular flexibility index (Phi) is 9.01. The van der Waals surface area contributed by atoms with Crippen molar-refractivity contribution in [2.45, 2.75) is 129 Å². The third-order valence-electron chi connectivity index (χ3n) is 7.40. The Hall–Kier alpha value is -2.04. The number of rotatable bonds is 7. The summed E-state index contributed by atoms with van der Waals surface area (Å²) in [5.74, 6) is -0.0662. The Morgan fingerprint density at radius 1 is 1.17 bits per heavy atom. The van der Waals surface area contributed by atoms with Crippen molar-refractivity contribution < 1.29 is 23.9 Å². The van der Waals surface area contributed by atoms with Gasteiger partial charge in [-0.15, -0.1) is 0 Å². The summed E-state index contributed by atoms with van der Waals surface area (Å²) in [5, 5.41) is 14.0. The zero-order chi connectivity index (χ0) is 27.7. The fourth-order valence-electron chi connectivity index (χ4n) is 4.39. The second-order valence-corrected chi connectivity index (χ2v) is 17.2. The van der Waals surface area contributed by atoms with Crippen molar-refractivity contribution in [2.75, 3.05) is 0 Å². The highest BCUT2D eigenvalue weighted by Crippen LogP contribution is 2.41. The zero-order valence-electron chi connectivity index (χ0n) is 23.9. The molecule has 0 aromatic carbocycles. The predicted molar refractivity (Wildman–Crippen MR) is 142 cm³/mol. The number of ether oxygens (including phenoxy) is 1. The highest BCUT2D eigenvalue weighted by atomic mass is 28.4. The van der Waals surface area contributed by atoms with E-state index in [2.05, 4.69) is 49.1 Å². The highest BCUT2D eigenvalue weighted by Gasteiger charge is 2.57. The molecule has 1 aliphatic heterocycles. The molecule has 0 radical (unpaired) electrons. The molecule has 0 saturated carbocycles. The van der Waals surface area contributed by atoms with E-state index < -0.39 is 49.7 Å². The van der Waals surface area contributed by atoms with Crippen LogP contribution in [-0.4, -0.2) is 69.7 Å². The number of aromatic nitrogens is 2. The lowest BCUT2D eigenvalue weighted by molar-refractivity contribution is -0.141. The molecule has 1 saturated heterocycles. The standard InChI is InChI=1S/C26H46N4O5Si/c1-17-13-14-26(19(3)31,30(17)23(33)34-24(4,5)6)22(32)29-20(21-27-15-12-16-28-21)18(2)35-36(10,11)25(7,8)9/h12,15-20,31H,13-14H2,1-11H3,(H,29,32). The summed E-state index contributed by atoms with van der Waals surface area (Å²) in [5.41, 5.74) is -2.24. The summed E-state index contributed by atoms with van der Waals surface area (Å²) >= 11 is 0. The number of carbonyl (C=O) groups excluding carboxylic acids is 2. The Bertz CT molecular complexity index is 913. The number of nitrogens with zero attached hydrogens (tertiary/aromatic N) is 3. The van der Waals surface area contributed by atoms with E-state index in [0.717, 1.165) is 0 Å². The van der Waals surface area contributed by atoms with Crippen LogP contribution < -0.4 is 5.32 Å². The van der Waals surface area contributed by atoms with Crippen molar-refractivity contribution in [3.8, 4) is 0 Å². The molecule has 5 unspecified atom stereocenters. The number of hydrogen-bond acceptors (Lipinski definition) is 7. The molecule has 2 amide bonds. The van der Waals surface area contributed by atoms with Crippen molar-refractivity contribution in [1.82, 2.24) is 20.2 Å². The topological polar surface area (TPSA) is 114 Å². The number of aliphatic hydroxyl groups is 1. The van der Waals surface area contributed by atoms with Crippen LogP contribution in [0.1, 0.15) is 87.0 Å². The number of amides is 2. The molecule has 0 spiro atoms. The molecule has 0 aliphatic carbocycles. The summed E-state index contributed by atoms with van der Waals surface area (Å²) in [4.78, 5) is 37.5. The van der Waals surface area contributed by atoms with Gasteiger partial charge in [0.05, 0.1) is 12.2 Å². The highest BCUT2D eigenvalue weighted by molar-refractivity contribution is 6.74. The van der Waals surface area contributed by atoms with Gasteiger partial charge < -0.3 is 19.6 Å². The van der Waals surface area contributed by atoms with Gasteiger partial charge in [-0.3, -0.25) is 9.69 Å². The Morgan fingerprint density at radius 2 is 1.72 bits per heavy atom. The molecule has 2 heterocycles. The van der Waals surface area contributed by atoms with E-state index in [1.807, 2.05) is 13.8 Å². The molecule has 204 valence electrons. The minimum atomic E-state index is -2.20. The van der Waals surface area contributed by atoms with Crippen LogP contribution in [-0.2, 0) is 14.0 Å². The number of aliphatic hydroxyl groups excluding tert-OH is 1. The normalized spacial score (nSPS) is 23.7. The third-order valence-corrected chi connectivity index (χ3v) is 12.0. The van der Waals surface area contributed by atoms with Gasteiger partial charge in [0.2, 0.25) is 5.91 Å². The average molecular weight is 523 g/mol. The van der Waals surface area contributed by atoms with Gasteiger partial charge in [0, 0.05) is 18.4 Å². The Balaban J connectivity index is 2.47. The lowest BCUT2D eigenvalue weighted by atomic mass is 9.88. The van der Waals surface area contributed by atoms with E-state index in [0.29, 0.717) is 18.7 Å². The van der Waals surface area contributed by atoms with Gasteiger partial charge in [-0.05, 0) is 78.6 Å². The zero-order valence-corrected chi connectivity index (χ0v) is 24.9. The average Bonchev–Trinajstić information content (AvgIpc) is 3.08. The molecule has 1 aliphatic rings. The molecule has 1 fully saturated rings. The molecule has 0 bridgehead atoms. The largest absolute Gasteiger partial charge is 0.444 e. The third kappa shape index (κ3) is 6.44. The number of hydrogen-bond donors (Lipinski definition) is 2. The van der Waals surface area contributed by atoms with Crippen LogP contribution in [0, 0.1) is 0 Å². The van der Waals surface area contributed by atoms with Crippen LogP contribution in [0.3, 0.4) is 0 Å². The molecular formula is C26H46N4O5Si. The second kappa shape index (κ2) is 10.7. The van der Waals surface area contributed by atoms with Crippen LogP contribution in [0.25, 0.3) is 0 Å². The smallest absolute Gasteiger partial charge is 0.411 e. The van der Waals surface area contributed by atoms with E-state index >= 15 is 0 Å². The van der Waals surface area contributed by atoms with E-state index in [1.54, 1.807) is 46.2 Å². The second-order valence-electron chi connectivity index (χ2n) is 12.5. The van der Waals surface area contributed by atoms with E-state index in [4.69, 9.17) is 9.16 Å². The minimum absolute atomic E-state index is 0.0391. The van der Waals surface area contributed by atoms with Gasteiger partial charge in [0.25, 0.3) is 0 Å². The van der Waals surface area contributed by atoms with Crippen LogP contribution >= 0.6 is 0 Å². The molecule has 10 heteroatoms. The molecule has 5 atom stereocenters. The first kappa shape index (κ1) is 30.2. The van der Waals surface area contributed by atoms with Gasteiger partial charge in [0.1, 0.15) is 11.6 Å². The summed E-state index contributed by atoms with van der Waals surface area (Å²) in [6.45, 7) is 21.4. The van der Waals surface area contributed by atoms with Crippen LogP contribution in [0.15, 0.2) is 18.5 Å². The monoisotopic (exact) mass is 522 g/mol. The molecule has 2 N–H and O–H groups in total. The van der Waals surface area contributed by atoms with Crippen molar-refractivity contribution >= 4 is 20.3 Å². The van der Waals surface area contributed by atoms with Crippen molar-refractivity contribution in [3.63, 3.8) is 0 Å². The Morgan fingerprint density at radius 3 is 2.19 bits per heavy atom. The van der Waals surface area contributed by atoms with Gasteiger partial charge in [0.15, 0.2) is 19.7 Å². The molecule has 9 nitrogen and oxygen atoms in total. The molecule has 1 aromatic rings. The van der Waals surface area contributed by atoms with E-state index in [-0.39, 0.29) is 11.1 Å². The van der Waals surface area contributed by atoms with E-state index in [1.165, 1.54) is 4.90 Å². The molecule has 2 rings (SSSR count). The summed E-state index contributed by atoms with van der Waals surface area (Å²) in [6, 6.07) is 0.745. The molecule has 1 aromatic heterocycles. The SMILES string of the molecule is CC(O[Si](C)(C)C(C)(C)C)C(NC(=O)C1(C(C)O)CCC(C)N1C(=O)OC(C)(C)C)c1ncccn1. The van der Waals surface area contributed by atoms with Crippen molar-refractivity contribution in [1.29, 1.82) is 0 Å². The summed E-state index contributed by atoms with van der Waals surface area (Å²) < 4.78 is 12.3. The van der Waals surface area contributed by atoms with Gasteiger partial charge >= 0.3 is 6.09 Å². The summed E-state index contributed by atoms with van der Waals surface area (Å²) in [6.07, 6.45) is 1.89. The molecule has 36 heavy (non-hydrogen) atoms. The number of nitrogens with one attached hydrogen (secondary N) is 1. The maximum absolute atomic E-state index is 14.1. The predicted octanol–water partition coefficient (Wildman–Crippen LogP) is 4.58. The van der Waals surface area contributed by atoms with Gasteiger partial charge in [-0.25, -0.2) is 14.8 Å². The fourth-order valence-corrected chi connectivity index (χ4v) is 5.81. The van der Waals surface area contributed by atoms with Crippen LogP contribution in [0.4, 0.5) is 4.79 Å². The first-order valence-electron chi connectivity index (χ1n) is 12.8. The van der Waals surface area contributed by atoms with Gasteiger partial charge in [-0.1, -0.05) is 20.8 Å².